The van der Waals surface area contributed by atoms with Crippen molar-refractivity contribution < 1.29 is 0 Å². The van der Waals surface area contributed by atoms with Gasteiger partial charge in [-0.15, -0.1) is 0 Å². The Balaban J connectivity index is 2.06. The Morgan fingerprint density at radius 1 is 0.650 bits per heavy atom. The summed E-state index contributed by atoms with van der Waals surface area (Å²) < 4.78 is 0. The fourth-order valence-corrected chi connectivity index (χ4v) is 3.13. The molecule has 1 nitrogen and oxygen atoms in total. The zero-order valence-electron chi connectivity index (χ0n) is 11.0. The maximum absolute atomic E-state index is 6.19. The lowest BCUT2D eigenvalue weighted by atomic mass is 10.1. The maximum Gasteiger partial charge on any atom is 0.0462 e. The molecule has 2 N–H and O–H groups in total. The molecule has 3 aromatic rings. The number of nitrogen functional groups attached to an aromatic ring is 1. The van der Waals surface area contributed by atoms with Gasteiger partial charge < -0.3 is 5.73 Å². The third-order valence-electron chi connectivity index (χ3n) is 3.09. The van der Waals surface area contributed by atoms with E-state index in [1.807, 2.05) is 36.4 Å². The van der Waals surface area contributed by atoms with Crippen LogP contribution in [0.4, 0.5) is 5.69 Å². The minimum absolute atomic E-state index is 0.820. The Bertz CT molecular complexity index is 693. The van der Waals surface area contributed by atoms with E-state index < -0.39 is 0 Å². The van der Waals surface area contributed by atoms with Crippen LogP contribution in [0.2, 0.25) is 0 Å². The minimum Gasteiger partial charge on any atom is -0.398 e. The largest absolute Gasteiger partial charge is 0.398 e. The van der Waals surface area contributed by atoms with Gasteiger partial charge in [0.25, 0.3) is 0 Å². The van der Waals surface area contributed by atoms with Crippen molar-refractivity contribution in [2.45, 2.75) is 9.79 Å². The predicted molar refractivity (Wildman–Crippen MR) is 86.9 cm³/mol. The van der Waals surface area contributed by atoms with E-state index >= 15 is 0 Å². The quantitative estimate of drug-likeness (QED) is 0.675. The maximum atomic E-state index is 6.19. The van der Waals surface area contributed by atoms with E-state index in [9.17, 15) is 0 Å². The fraction of sp³-hybridized carbons (Fsp3) is 0. The third kappa shape index (κ3) is 2.70. The van der Waals surface area contributed by atoms with Crippen molar-refractivity contribution >= 4 is 17.4 Å². The van der Waals surface area contributed by atoms with Gasteiger partial charge in [0, 0.05) is 15.5 Å². The Morgan fingerprint density at radius 2 is 1.30 bits per heavy atom. The number of anilines is 1. The summed E-state index contributed by atoms with van der Waals surface area (Å²) >= 11 is 1.71. The van der Waals surface area contributed by atoms with Gasteiger partial charge in [-0.3, -0.25) is 0 Å². The lowest BCUT2D eigenvalue weighted by Crippen LogP contribution is -1.91. The normalized spacial score (nSPS) is 10.4. The van der Waals surface area contributed by atoms with Crippen molar-refractivity contribution in [3.8, 4) is 11.1 Å². The van der Waals surface area contributed by atoms with Crippen LogP contribution < -0.4 is 5.73 Å². The molecule has 20 heavy (non-hydrogen) atoms. The molecule has 0 bridgehead atoms. The molecule has 0 radical (unpaired) electrons. The average Bonchev–Trinajstić information content (AvgIpc) is 2.51. The van der Waals surface area contributed by atoms with Gasteiger partial charge >= 0.3 is 0 Å². The Labute approximate surface area is 123 Å². The van der Waals surface area contributed by atoms with Gasteiger partial charge in [-0.25, -0.2) is 0 Å². The SMILES string of the molecule is Nc1cccc(-c2ccccc2)c1Sc1ccccc1. The molecule has 0 aromatic heterocycles. The van der Waals surface area contributed by atoms with Gasteiger partial charge in [0.15, 0.2) is 0 Å². The molecule has 0 saturated heterocycles. The first-order valence-electron chi connectivity index (χ1n) is 6.51. The fourth-order valence-electron chi connectivity index (χ4n) is 2.12. The van der Waals surface area contributed by atoms with Crippen LogP contribution in [0.1, 0.15) is 0 Å². The number of hydrogen-bond acceptors (Lipinski definition) is 2. The number of benzene rings is 3. The van der Waals surface area contributed by atoms with Crippen LogP contribution in [-0.2, 0) is 0 Å². The first-order chi connectivity index (χ1) is 9.84. The molecule has 0 saturated carbocycles. The highest BCUT2D eigenvalue weighted by Crippen LogP contribution is 2.39. The second kappa shape index (κ2) is 5.85. The summed E-state index contributed by atoms with van der Waals surface area (Å²) in [5.41, 5.74) is 9.38. The zero-order chi connectivity index (χ0) is 13.8. The molecule has 0 aliphatic carbocycles. The first-order valence-corrected chi connectivity index (χ1v) is 7.33. The Kier molecular flexibility index (Phi) is 3.75. The summed E-state index contributed by atoms with van der Waals surface area (Å²) in [4.78, 5) is 2.31. The Morgan fingerprint density at radius 3 is 2.00 bits per heavy atom. The molecule has 0 unspecified atom stereocenters. The minimum atomic E-state index is 0.820. The molecular weight excluding hydrogens is 262 g/mol. The van der Waals surface area contributed by atoms with Gasteiger partial charge in [-0.05, 0) is 29.3 Å². The molecule has 0 fully saturated rings. The van der Waals surface area contributed by atoms with E-state index in [0.717, 1.165) is 10.6 Å². The van der Waals surface area contributed by atoms with Gasteiger partial charge in [0.2, 0.25) is 0 Å². The van der Waals surface area contributed by atoms with Crippen molar-refractivity contribution in [1.29, 1.82) is 0 Å². The molecule has 0 heterocycles. The number of rotatable bonds is 3. The lowest BCUT2D eigenvalue weighted by molar-refractivity contribution is 1.40. The molecule has 0 aliphatic heterocycles. The van der Waals surface area contributed by atoms with Crippen LogP contribution in [-0.4, -0.2) is 0 Å². The summed E-state index contributed by atoms with van der Waals surface area (Å²) in [6.45, 7) is 0. The summed E-state index contributed by atoms with van der Waals surface area (Å²) in [7, 11) is 0. The highest BCUT2D eigenvalue weighted by Gasteiger charge is 2.09. The van der Waals surface area contributed by atoms with E-state index in [1.54, 1.807) is 11.8 Å². The summed E-state index contributed by atoms with van der Waals surface area (Å²) in [6, 6.07) is 26.8. The topological polar surface area (TPSA) is 26.0 Å². The van der Waals surface area contributed by atoms with Crippen LogP contribution >= 0.6 is 11.8 Å². The standard InChI is InChI=1S/C18H15NS/c19-17-13-7-12-16(14-8-3-1-4-9-14)18(17)20-15-10-5-2-6-11-15/h1-13H,19H2. The van der Waals surface area contributed by atoms with Gasteiger partial charge in [-0.1, -0.05) is 72.4 Å². The van der Waals surface area contributed by atoms with E-state index in [1.165, 1.54) is 16.0 Å². The Hall–Kier alpha value is -2.19. The molecular formula is C18H15NS. The highest BCUT2D eigenvalue weighted by atomic mass is 32.2. The number of nitrogens with two attached hydrogens (primary N) is 1. The molecule has 3 rings (SSSR count). The first kappa shape index (κ1) is 12.8. The molecule has 0 amide bonds. The molecule has 0 spiro atoms. The summed E-state index contributed by atoms with van der Waals surface area (Å²) in [5, 5.41) is 0. The second-order valence-electron chi connectivity index (χ2n) is 4.51. The summed E-state index contributed by atoms with van der Waals surface area (Å²) in [6.07, 6.45) is 0. The highest BCUT2D eigenvalue weighted by molar-refractivity contribution is 7.99. The van der Waals surface area contributed by atoms with E-state index in [-0.39, 0.29) is 0 Å². The molecule has 0 aliphatic rings. The average molecular weight is 277 g/mol. The van der Waals surface area contributed by atoms with Crippen molar-refractivity contribution in [2.24, 2.45) is 0 Å². The van der Waals surface area contributed by atoms with Crippen molar-refractivity contribution in [1.82, 2.24) is 0 Å². The van der Waals surface area contributed by atoms with Gasteiger partial charge in [0.05, 0.1) is 0 Å². The van der Waals surface area contributed by atoms with Crippen LogP contribution in [0.3, 0.4) is 0 Å². The monoisotopic (exact) mass is 277 g/mol. The van der Waals surface area contributed by atoms with Gasteiger partial charge in [0.1, 0.15) is 0 Å². The lowest BCUT2D eigenvalue weighted by Gasteiger charge is -2.12. The smallest absolute Gasteiger partial charge is 0.0462 e. The van der Waals surface area contributed by atoms with Crippen LogP contribution in [0.25, 0.3) is 11.1 Å². The van der Waals surface area contributed by atoms with Crippen LogP contribution in [0.15, 0.2) is 88.7 Å². The number of hydrogen-bond donors (Lipinski definition) is 1. The van der Waals surface area contributed by atoms with Crippen molar-refractivity contribution in [2.75, 3.05) is 5.73 Å². The molecule has 3 aromatic carbocycles. The van der Waals surface area contributed by atoms with E-state index in [4.69, 9.17) is 5.73 Å². The molecule has 98 valence electrons. The molecule has 0 atom stereocenters. The van der Waals surface area contributed by atoms with Crippen molar-refractivity contribution in [3.63, 3.8) is 0 Å². The van der Waals surface area contributed by atoms with Crippen molar-refractivity contribution in [3.05, 3.63) is 78.9 Å². The van der Waals surface area contributed by atoms with Gasteiger partial charge in [-0.2, -0.15) is 0 Å². The van der Waals surface area contributed by atoms with Crippen LogP contribution in [0.5, 0.6) is 0 Å². The second-order valence-corrected chi connectivity index (χ2v) is 5.59. The van der Waals surface area contributed by atoms with E-state index in [2.05, 4.69) is 42.5 Å². The van der Waals surface area contributed by atoms with E-state index in [0.29, 0.717) is 0 Å². The third-order valence-corrected chi connectivity index (χ3v) is 4.26. The molecule has 2 heteroatoms. The van der Waals surface area contributed by atoms with Crippen LogP contribution in [0, 0.1) is 0 Å². The summed E-state index contributed by atoms with van der Waals surface area (Å²) in [5.74, 6) is 0. The zero-order valence-corrected chi connectivity index (χ0v) is 11.8. The predicted octanol–water partition coefficient (Wildman–Crippen LogP) is 5.09.